The number of aromatic amines is 1. The zero-order chi connectivity index (χ0) is 13.8. The molecule has 1 aromatic heterocycles. The molecular formula is C13H18N2O3S. The number of nitrogens with zero attached hydrogens (tertiary/aromatic N) is 1. The molecule has 5 nitrogen and oxygen atoms in total. The molecule has 0 saturated carbocycles. The Morgan fingerprint density at radius 1 is 1.47 bits per heavy atom. The Kier molecular flexibility index (Phi) is 4.63. The molecule has 6 heteroatoms. The highest BCUT2D eigenvalue weighted by atomic mass is 32.2. The molecule has 1 aromatic rings. The van der Waals surface area contributed by atoms with Crippen molar-refractivity contribution < 1.29 is 9.53 Å². The van der Waals surface area contributed by atoms with Gasteiger partial charge in [0.25, 0.3) is 5.56 Å². The van der Waals surface area contributed by atoms with E-state index in [-0.39, 0.29) is 17.3 Å². The van der Waals surface area contributed by atoms with E-state index in [1.165, 1.54) is 11.8 Å². The van der Waals surface area contributed by atoms with Gasteiger partial charge in [-0.2, -0.15) is 0 Å². The van der Waals surface area contributed by atoms with Crippen molar-refractivity contribution in [1.29, 1.82) is 0 Å². The summed E-state index contributed by atoms with van der Waals surface area (Å²) in [6, 6.07) is 0. The maximum Gasteiger partial charge on any atom is 0.316 e. The highest BCUT2D eigenvalue weighted by Gasteiger charge is 2.17. The van der Waals surface area contributed by atoms with Crippen LogP contribution in [0.2, 0.25) is 0 Å². The Morgan fingerprint density at radius 3 is 3.00 bits per heavy atom. The Bertz CT molecular complexity index is 525. The number of ether oxygens (including phenoxy) is 1. The molecule has 0 saturated heterocycles. The summed E-state index contributed by atoms with van der Waals surface area (Å²) >= 11 is 1.22. The van der Waals surface area contributed by atoms with Gasteiger partial charge in [0.1, 0.15) is 0 Å². The Labute approximate surface area is 116 Å². The summed E-state index contributed by atoms with van der Waals surface area (Å²) in [5, 5.41) is 0.507. The Morgan fingerprint density at radius 2 is 2.26 bits per heavy atom. The van der Waals surface area contributed by atoms with E-state index in [0.29, 0.717) is 17.7 Å². The molecule has 19 heavy (non-hydrogen) atoms. The van der Waals surface area contributed by atoms with Crippen LogP contribution in [0, 0.1) is 5.92 Å². The van der Waals surface area contributed by atoms with Crippen LogP contribution < -0.4 is 5.56 Å². The van der Waals surface area contributed by atoms with Crippen molar-refractivity contribution in [2.24, 2.45) is 5.92 Å². The normalized spacial score (nSPS) is 13.6. The second-order valence-electron chi connectivity index (χ2n) is 5.02. The number of carbonyl (C=O) groups is 1. The third-order valence-electron chi connectivity index (χ3n) is 2.82. The van der Waals surface area contributed by atoms with Gasteiger partial charge in [-0.05, 0) is 25.2 Å². The second kappa shape index (κ2) is 6.23. The molecule has 0 fully saturated rings. The van der Waals surface area contributed by atoms with Crippen LogP contribution in [0.4, 0.5) is 0 Å². The summed E-state index contributed by atoms with van der Waals surface area (Å²) in [5.41, 5.74) is 1.61. The fourth-order valence-electron chi connectivity index (χ4n) is 1.92. The summed E-state index contributed by atoms with van der Waals surface area (Å²) in [5.74, 6) is 0.225. The standard InChI is InChI=1S/C13H18N2O3S/c1-8(2)6-18-11(16)7-19-13-14-10-5-3-4-9(10)12(17)15-13/h8H,3-7H2,1-2H3,(H,14,15,17). The van der Waals surface area contributed by atoms with Crippen LogP contribution in [0.3, 0.4) is 0 Å². The number of esters is 1. The first-order valence-electron chi connectivity index (χ1n) is 6.46. The summed E-state index contributed by atoms with van der Waals surface area (Å²) in [7, 11) is 0. The first kappa shape index (κ1) is 14.1. The summed E-state index contributed by atoms with van der Waals surface area (Å²) < 4.78 is 5.07. The van der Waals surface area contributed by atoms with Crippen molar-refractivity contribution in [3.63, 3.8) is 0 Å². The number of aromatic nitrogens is 2. The van der Waals surface area contributed by atoms with E-state index in [2.05, 4.69) is 9.97 Å². The molecule has 0 radical (unpaired) electrons. The monoisotopic (exact) mass is 282 g/mol. The van der Waals surface area contributed by atoms with Crippen LogP contribution in [-0.4, -0.2) is 28.3 Å². The van der Waals surface area contributed by atoms with Crippen LogP contribution in [0.5, 0.6) is 0 Å². The first-order valence-corrected chi connectivity index (χ1v) is 7.45. The first-order chi connectivity index (χ1) is 9.06. The van der Waals surface area contributed by atoms with Gasteiger partial charge in [0.2, 0.25) is 0 Å². The quantitative estimate of drug-likeness (QED) is 0.504. The third kappa shape index (κ3) is 3.83. The number of fused-ring (bicyclic) bond motifs is 1. The van der Waals surface area contributed by atoms with Gasteiger partial charge in [0.05, 0.1) is 18.1 Å². The molecule has 1 aliphatic rings. The number of carbonyl (C=O) groups excluding carboxylic acids is 1. The van der Waals surface area contributed by atoms with E-state index >= 15 is 0 Å². The van der Waals surface area contributed by atoms with Crippen molar-refractivity contribution in [1.82, 2.24) is 9.97 Å². The molecule has 0 aliphatic heterocycles. The van der Waals surface area contributed by atoms with Gasteiger partial charge in [-0.25, -0.2) is 4.98 Å². The lowest BCUT2D eigenvalue weighted by Crippen LogP contribution is -2.16. The number of nitrogens with one attached hydrogen (secondary N) is 1. The van der Waals surface area contributed by atoms with E-state index in [0.717, 1.165) is 30.5 Å². The fourth-order valence-corrected chi connectivity index (χ4v) is 2.59. The maximum absolute atomic E-state index is 11.8. The topological polar surface area (TPSA) is 72.0 Å². The minimum Gasteiger partial charge on any atom is -0.465 e. The van der Waals surface area contributed by atoms with Gasteiger partial charge in [0, 0.05) is 5.56 Å². The second-order valence-corrected chi connectivity index (χ2v) is 5.98. The van der Waals surface area contributed by atoms with Gasteiger partial charge >= 0.3 is 5.97 Å². The molecule has 0 atom stereocenters. The average Bonchev–Trinajstić information content (AvgIpc) is 2.82. The van der Waals surface area contributed by atoms with E-state index in [1.54, 1.807) is 0 Å². The number of rotatable bonds is 5. The predicted molar refractivity (Wildman–Crippen MR) is 73.4 cm³/mol. The predicted octanol–water partition coefficient (Wildman–Crippen LogP) is 1.55. The van der Waals surface area contributed by atoms with Crippen molar-refractivity contribution in [3.8, 4) is 0 Å². The summed E-state index contributed by atoms with van der Waals surface area (Å²) in [4.78, 5) is 30.3. The zero-order valence-corrected chi connectivity index (χ0v) is 12.0. The molecule has 0 spiro atoms. The molecule has 0 aromatic carbocycles. The number of hydrogen-bond acceptors (Lipinski definition) is 5. The van der Waals surface area contributed by atoms with Crippen molar-refractivity contribution >= 4 is 17.7 Å². The van der Waals surface area contributed by atoms with Gasteiger partial charge in [0.15, 0.2) is 5.16 Å². The summed E-state index contributed by atoms with van der Waals surface area (Å²) in [6.45, 7) is 4.40. The van der Waals surface area contributed by atoms with Crippen LogP contribution in [0.25, 0.3) is 0 Å². The molecule has 1 aliphatic carbocycles. The highest BCUT2D eigenvalue weighted by Crippen LogP contribution is 2.19. The van der Waals surface area contributed by atoms with Crippen LogP contribution >= 0.6 is 11.8 Å². The molecule has 1 N–H and O–H groups in total. The number of H-pyrrole nitrogens is 1. The fraction of sp³-hybridized carbons (Fsp3) is 0.615. The van der Waals surface area contributed by atoms with E-state index in [4.69, 9.17) is 4.74 Å². The number of hydrogen-bond donors (Lipinski definition) is 1. The van der Waals surface area contributed by atoms with Crippen molar-refractivity contribution in [2.45, 2.75) is 38.3 Å². The van der Waals surface area contributed by atoms with Crippen LogP contribution in [0.1, 0.15) is 31.5 Å². The van der Waals surface area contributed by atoms with Gasteiger partial charge in [-0.3, -0.25) is 9.59 Å². The highest BCUT2D eigenvalue weighted by molar-refractivity contribution is 7.99. The lowest BCUT2D eigenvalue weighted by Gasteiger charge is -2.07. The third-order valence-corrected chi connectivity index (χ3v) is 3.67. The zero-order valence-electron chi connectivity index (χ0n) is 11.2. The van der Waals surface area contributed by atoms with Crippen LogP contribution in [-0.2, 0) is 22.4 Å². The molecular weight excluding hydrogens is 264 g/mol. The molecule has 0 amide bonds. The largest absolute Gasteiger partial charge is 0.465 e. The van der Waals surface area contributed by atoms with Crippen molar-refractivity contribution in [3.05, 3.63) is 21.6 Å². The Balaban J connectivity index is 1.92. The molecule has 104 valence electrons. The van der Waals surface area contributed by atoms with Crippen molar-refractivity contribution in [2.75, 3.05) is 12.4 Å². The molecule has 0 unspecified atom stereocenters. The minimum atomic E-state index is -0.276. The average molecular weight is 282 g/mol. The van der Waals surface area contributed by atoms with Gasteiger partial charge in [-0.1, -0.05) is 25.6 Å². The lowest BCUT2D eigenvalue weighted by molar-refractivity contribution is -0.141. The number of thioether (sulfide) groups is 1. The smallest absolute Gasteiger partial charge is 0.316 e. The van der Waals surface area contributed by atoms with E-state index < -0.39 is 0 Å². The van der Waals surface area contributed by atoms with E-state index in [9.17, 15) is 9.59 Å². The lowest BCUT2D eigenvalue weighted by atomic mass is 10.2. The van der Waals surface area contributed by atoms with Gasteiger partial charge < -0.3 is 9.72 Å². The minimum absolute atomic E-state index is 0.0689. The molecule has 2 rings (SSSR count). The van der Waals surface area contributed by atoms with Crippen LogP contribution in [0.15, 0.2) is 9.95 Å². The van der Waals surface area contributed by atoms with Gasteiger partial charge in [-0.15, -0.1) is 0 Å². The number of aryl methyl sites for hydroxylation is 1. The maximum atomic E-state index is 11.8. The summed E-state index contributed by atoms with van der Waals surface area (Å²) in [6.07, 6.45) is 2.64. The van der Waals surface area contributed by atoms with E-state index in [1.807, 2.05) is 13.8 Å². The molecule has 1 heterocycles. The Hall–Kier alpha value is -1.30. The SMILES string of the molecule is CC(C)COC(=O)CSc1nc2c(c(=O)[nH]1)CCC2. The molecule has 0 bridgehead atoms.